The number of hydrogen-bond donors (Lipinski definition) is 2. The Morgan fingerprint density at radius 2 is 1.47 bits per heavy atom. The van der Waals surface area contributed by atoms with Gasteiger partial charge in [-0.05, 0) is 33.3 Å². The van der Waals surface area contributed by atoms with Gasteiger partial charge in [-0.25, -0.2) is 9.59 Å². The fourth-order valence-corrected chi connectivity index (χ4v) is 4.32. The quantitative estimate of drug-likeness (QED) is 0.249. The molecule has 1 aliphatic heterocycles. The van der Waals surface area contributed by atoms with Gasteiger partial charge in [0.25, 0.3) is 0 Å². The molecule has 1 aromatic carbocycles. The summed E-state index contributed by atoms with van der Waals surface area (Å²) in [5.41, 5.74) is -0.214. The molecule has 1 fully saturated rings. The summed E-state index contributed by atoms with van der Waals surface area (Å²) in [4.78, 5) is 74.0. The summed E-state index contributed by atoms with van der Waals surface area (Å²) in [7, 11) is 0. The first kappa shape index (κ1) is 36.9. The molecule has 1 aliphatic rings. The molecule has 15 heteroatoms. The third-order valence-electron chi connectivity index (χ3n) is 6.04. The van der Waals surface area contributed by atoms with Crippen LogP contribution in [0.2, 0.25) is 0 Å². The van der Waals surface area contributed by atoms with Gasteiger partial charge in [-0.2, -0.15) is 0 Å². The lowest BCUT2D eigenvalue weighted by atomic mass is 9.95. The zero-order chi connectivity index (χ0) is 33.9. The van der Waals surface area contributed by atoms with E-state index < -0.39 is 90.9 Å². The Labute approximate surface area is 261 Å². The molecule has 0 aliphatic carbocycles. The maximum Gasteiger partial charge on any atom is 0.408 e. The van der Waals surface area contributed by atoms with Crippen molar-refractivity contribution in [1.29, 1.82) is 0 Å². The van der Waals surface area contributed by atoms with Crippen LogP contribution in [0.3, 0.4) is 0 Å². The number of rotatable bonds is 12. The van der Waals surface area contributed by atoms with E-state index in [1.165, 1.54) is 13.8 Å². The molecule has 0 spiro atoms. The second-order valence-corrected chi connectivity index (χ2v) is 11.3. The van der Waals surface area contributed by atoms with Crippen molar-refractivity contribution in [3.05, 3.63) is 35.9 Å². The number of benzene rings is 1. The van der Waals surface area contributed by atoms with E-state index in [9.17, 15) is 28.8 Å². The van der Waals surface area contributed by atoms with E-state index in [1.807, 2.05) is 0 Å². The number of hydrogen-bond acceptors (Lipinski definition) is 13. The van der Waals surface area contributed by atoms with Gasteiger partial charge in [0, 0.05) is 27.7 Å². The molecule has 1 saturated heterocycles. The van der Waals surface area contributed by atoms with Crippen molar-refractivity contribution < 1.29 is 61.9 Å². The summed E-state index contributed by atoms with van der Waals surface area (Å²) in [6, 6.07) is 6.06. The molecular formula is C30H42N2O13. The van der Waals surface area contributed by atoms with Gasteiger partial charge in [-0.1, -0.05) is 30.3 Å². The van der Waals surface area contributed by atoms with E-state index in [-0.39, 0.29) is 6.61 Å². The Bertz CT molecular complexity index is 1200. The van der Waals surface area contributed by atoms with Gasteiger partial charge in [0.15, 0.2) is 24.5 Å². The fraction of sp³-hybridized carbons (Fsp3) is 0.600. The van der Waals surface area contributed by atoms with Crippen LogP contribution in [0.1, 0.15) is 61.0 Å². The molecule has 0 bridgehead atoms. The normalized spacial score (nSPS) is 22.5. The summed E-state index contributed by atoms with van der Waals surface area (Å²) < 4.78 is 38.8. The molecule has 2 amide bonds. The maximum atomic E-state index is 13.3. The average molecular weight is 639 g/mol. The Morgan fingerprint density at radius 3 is 2.00 bits per heavy atom. The van der Waals surface area contributed by atoms with Crippen LogP contribution in [0.4, 0.5) is 4.79 Å². The molecule has 1 heterocycles. The molecule has 0 aromatic heterocycles. The Hall–Kier alpha value is -4.24. The second kappa shape index (κ2) is 16.7. The molecule has 0 saturated carbocycles. The monoisotopic (exact) mass is 638 g/mol. The second-order valence-electron chi connectivity index (χ2n) is 11.3. The van der Waals surface area contributed by atoms with Crippen LogP contribution >= 0.6 is 0 Å². The lowest BCUT2D eigenvalue weighted by Crippen LogP contribution is -2.67. The van der Waals surface area contributed by atoms with Crippen LogP contribution in [-0.2, 0) is 63.7 Å². The predicted molar refractivity (Wildman–Crippen MR) is 154 cm³/mol. The van der Waals surface area contributed by atoms with Gasteiger partial charge < -0.3 is 43.8 Å². The zero-order valence-corrected chi connectivity index (χ0v) is 26.6. The van der Waals surface area contributed by atoms with Crippen LogP contribution in [0.15, 0.2) is 30.3 Å². The van der Waals surface area contributed by atoms with E-state index in [0.717, 1.165) is 20.8 Å². The topological polar surface area (TPSA) is 191 Å². The number of nitrogens with one attached hydrogen (secondary N) is 2. The first-order valence-electron chi connectivity index (χ1n) is 14.2. The number of esters is 4. The van der Waals surface area contributed by atoms with Crippen LogP contribution in [0.25, 0.3) is 0 Å². The van der Waals surface area contributed by atoms with Crippen molar-refractivity contribution >= 4 is 35.9 Å². The van der Waals surface area contributed by atoms with Crippen LogP contribution in [0, 0.1) is 0 Å². The van der Waals surface area contributed by atoms with Gasteiger partial charge in [0.2, 0.25) is 5.91 Å². The van der Waals surface area contributed by atoms with Crippen LogP contribution in [-0.4, -0.2) is 90.9 Å². The molecule has 1 aromatic rings. The van der Waals surface area contributed by atoms with Crippen molar-refractivity contribution in [2.45, 2.75) is 110 Å². The minimum absolute atomic E-state index is 0.115. The van der Waals surface area contributed by atoms with Crippen LogP contribution in [0.5, 0.6) is 0 Å². The van der Waals surface area contributed by atoms with Gasteiger partial charge in [-0.3, -0.25) is 19.2 Å². The highest BCUT2D eigenvalue weighted by molar-refractivity contribution is 5.82. The van der Waals surface area contributed by atoms with E-state index in [1.54, 1.807) is 51.1 Å². The summed E-state index contributed by atoms with van der Waals surface area (Å²) >= 11 is 0. The first-order valence-corrected chi connectivity index (χ1v) is 14.2. The van der Waals surface area contributed by atoms with Gasteiger partial charge in [-0.15, -0.1) is 0 Å². The molecular weight excluding hydrogens is 596 g/mol. The molecule has 2 N–H and O–H groups in total. The van der Waals surface area contributed by atoms with Crippen molar-refractivity contribution in [1.82, 2.24) is 10.6 Å². The zero-order valence-electron chi connectivity index (χ0n) is 26.6. The van der Waals surface area contributed by atoms with Crippen molar-refractivity contribution in [2.24, 2.45) is 0 Å². The Morgan fingerprint density at radius 1 is 0.867 bits per heavy atom. The Kier molecular flexibility index (Phi) is 13.7. The molecule has 7 atom stereocenters. The highest BCUT2D eigenvalue weighted by Gasteiger charge is 2.52. The third-order valence-corrected chi connectivity index (χ3v) is 6.04. The molecule has 15 nitrogen and oxygen atoms in total. The summed E-state index contributed by atoms with van der Waals surface area (Å²) in [6.45, 7) is 10.3. The molecule has 0 radical (unpaired) electrons. The SMILES string of the molecule is CC(=O)NC1[C@H](O[C@H](C)[C@H](NC(=O)OC(C)(C)C)C(=O)OCc2ccccc2)OC(COC(C)=O)[C@@H](OC(C)=O)[C@@H]1OC(C)=O. The minimum Gasteiger partial charge on any atom is -0.463 e. The number of carbonyl (C=O) groups excluding carboxylic acids is 6. The van der Waals surface area contributed by atoms with Gasteiger partial charge in [0.1, 0.15) is 31.0 Å². The summed E-state index contributed by atoms with van der Waals surface area (Å²) in [5.74, 6) is -3.71. The largest absolute Gasteiger partial charge is 0.463 e. The van der Waals surface area contributed by atoms with Crippen molar-refractivity contribution in [3.8, 4) is 0 Å². The highest BCUT2D eigenvalue weighted by atomic mass is 16.7. The maximum absolute atomic E-state index is 13.3. The lowest BCUT2D eigenvalue weighted by Gasteiger charge is -2.45. The fourth-order valence-electron chi connectivity index (χ4n) is 4.32. The third kappa shape index (κ3) is 12.7. The van der Waals surface area contributed by atoms with E-state index in [2.05, 4.69) is 10.6 Å². The molecule has 250 valence electrons. The number of ether oxygens (including phenoxy) is 7. The smallest absolute Gasteiger partial charge is 0.408 e. The standard InChI is InChI=1S/C30H42N2O13/c1-16(23(32-29(38)45-30(6,7)8)27(37)40-14-21-12-10-9-11-13-21)41-28-24(31-17(2)33)26(43-20(5)36)25(42-19(4)35)22(44-28)15-39-18(3)34/h9-13,16,22-26,28H,14-15H2,1-8H3,(H,31,33)(H,32,38)/t16-,22?,23+,24?,25-,26-,28-/m1/s1. The average Bonchev–Trinajstić information content (AvgIpc) is 2.91. The first-order chi connectivity index (χ1) is 21.0. The summed E-state index contributed by atoms with van der Waals surface area (Å²) in [5, 5.41) is 5.03. The van der Waals surface area contributed by atoms with Crippen molar-refractivity contribution in [3.63, 3.8) is 0 Å². The number of carbonyl (C=O) groups is 6. The van der Waals surface area contributed by atoms with Gasteiger partial charge >= 0.3 is 30.0 Å². The number of alkyl carbamates (subject to hydrolysis) is 1. The molecule has 45 heavy (non-hydrogen) atoms. The van der Waals surface area contributed by atoms with E-state index in [0.29, 0.717) is 5.56 Å². The van der Waals surface area contributed by atoms with Crippen molar-refractivity contribution in [2.75, 3.05) is 6.61 Å². The number of amides is 2. The van der Waals surface area contributed by atoms with Crippen LogP contribution < -0.4 is 10.6 Å². The minimum atomic E-state index is -1.49. The lowest BCUT2D eigenvalue weighted by molar-refractivity contribution is -0.288. The van der Waals surface area contributed by atoms with E-state index >= 15 is 0 Å². The molecule has 2 rings (SSSR count). The summed E-state index contributed by atoms with van der Waals surface area (Å²) in [6.07, 6.45) is -7.63. The predicted octanol–water partition coefficient (Wildman–Crippen LogP) is 1.68. The van der Waals surface area contributed by atoms with Gasteiger partial charge in [0.05, 0.1) is 6.10 Å². The van der Waals surface area contributed by atoms with E-state index in [4.69, 9.17) is 33.2 Å². The Balaban J connectivity index is 2.45. The highest BCUT2D eigenvalue weighted by Crippen LogP contribution is 2.29. The molecule has 2 unspecified atom stereocenters.